The van der Waals surface area contributed by atoms with E-state index in [1.54, 1.807) is 19.2 Å². The van der Waals surface area contributed by atoms with Gasteiger partial charge in [-0.3, -0.25) is 9.36 Å². The molecule has 148 valence electrons. The zero-order valence-corrected chi connectivity index (χ0v) is 14.6. The highest BCUT2D eigenvalue weighted by molar-refractivity contribution is 6.03. The largest absolute Gasteiger partial charge is 0.419 e. The molecule has 0 fully saturated rings. The topological polar surface area (TPSA) is 108 Å². The number of rotatable bonds is 3. The monoisotopic (exact) mass is 404 g/mol. The molecular formula is C17H11F3N6O3. The van der Waals surface area contributed by atoms with E-state index >= 15 is 0 Å². The molecule has 9 nitrogen and oxygen atoms in total. The van der Waals surface area contributed by atoms with E-state index in [9.17, 15) is 22.8 Å². The highest BCUT2D eigenvalue weighted by atomic mass is 19.4. The number of oxazole rings is 1. The Morgan fingerprint density at radius 1 is 1.21 bits per heavy atom. The second-order valence-corrected chi connectivity index (χ2v) is 6.01. The van der Waals surface area contributed by atoms with Crippen molar-refractivity contribution in [2.45, 2.75) is 6.18 Å². The molecule has 1 amide bonds. The summed E-state index contributed by atoms with van der Waals surface area (Å²) in [6.07, 6.45) is -2.61. The first-order chi connectivity index (χ1) is 13.7. The van der Waals surface area contributed by atoms with Gasteiger partial charge in [0.1, 0.15) is 0 Å². The number of amides is 1. The highest BCUT2D eigenvalue weighted by Crippen LogP contribution is 2.28. The Bertz CT molecular complexity index is 1270. The normalized spacial score (nSPS) is 11.7. The lowest BCUT2D eigenvalue weighted by atomic mass is 10.2. The molecule has 0 aliphatic heterocycles. The number of alkyl halides is 3. The number of aryl methyl sites for hydroxylation is 1. The number of fused-ring (bicyclic) bond motifs is 1. The predicted octanol–water partition coefficient (Wildman–Crippen LogP) is 2.38. The first-order valence-electron chi connectivity index (χ1n) is 8.09. The average molecular weight is 404 g/mol. The van der Waals surface area contributed by atoms with E-state index < -0.39 is 23.4 Å². The van der Waals surface area contributed by atoms with Crippen LogP contribution < -0.4 is 11.1 Å². The van der Waals surface area contributed by atoms with Crippen LogP contribution in [0.2, 0.25) is 0 Å². The summed E-state index contributed by atoms with van der Waals surface area (Å²) in [6, 6.07) is 6.64. The summed E-state index contributed by atoms with van der Waals surface area (Å²) >= 11 is 0. The van der Waals surface area contributed by atoms with Gasteiger partial charge in [-0.2, -0.15) is 13.2 Å². The van der Waals surface area contributed by atoms with Gasteiger partial charge in [-0.1, -0.05) is 5.21 Å². The molecule has 1 N–H and O–H groups in total. The number of hydrogen-bond donors (Lipinski definition) is 1. The lowest BCUT2D eigenvalue weighted by Gasteiger charge is -2.06. The molecule has 0 radical (unpaired) electrons. The van der Waals surface area contributed by atoms with E-state index in [0.29, 0.717) is 23.0 Å². The maximum Gasteiger partial charge on any atom is 0.419 e. The van der Waals surface area contributed by atoms with Crippen molar-refractivity contribution >= 4 is 22.7 Å². The molecule has 0 atom stereocenters. The van der Waals surface area contributed by atoms with Crippen molar-refractivity contribution in [3.63, 3.8) is 0 Å². The molecule has 3 aromatic heterocycles. The molecule has 0 unspecified atom stereocenters. The summed E-state index contributed by atoms with van der Waals surface area (Å²) in [7, 11) is 1.56. The maximum absolute atomic E-state index is 12.6. The summed E-state index contributed by atoms with van der Waals surface area (Å²) in [5.74, 6) is -1.08. The lowest BCUT2D eigenvalue weighted by molar-refractivity contribution is -0.137. The Kier molecular flexibility index (Phi) is 4.18. The van der Waals surface area contributed by atoms with Gasteiger partial charge in [-0.15, -0.1) is 5.10 Å². The molecule has 0 saturated heterocycles. The minimum Gasteiger partial charge on any atom is -0.408 e. The first-order valence-corrected chi connectivity index (χ1v) is 8.09. The number of aromatic nitrogens is 5. The number of nitrogens with one attached hydrogen (secondary N) is 1. The molecule has 0 bridgehead atoms. The van der Waals surface area contributed by atoms with Gasteiger partial charge in [-0.25, -0.2) is 14.5 Å². The third-order valence-electron chi connectivity index (χ3n) is 4.09. The molecule has 4 rings (SSSR count). The SMILES string of the molecule is Cn1c(=O)oc2cc(NC(=O)c3cn(-c4ccc(C(F)(F)F)cn4)nn3)ccc21. The number of carbonyl (C=O) groups excluding carboxylic acids is 1. The molecule has 4 aromatic rings. The predicted molar refractivity (Wildman–Crippen MR) is 93.6 cm³/mol. The van der Waals surface area contributed by atoms with Gasteiger partial charge in [0.15, 0.2) is 17.1 Å². The van der Waals surface area contributed by atoms with Gasteiger partial charge in [0, 0.05) is 25.0 Å². The van der Waals surface area contributed by atoms with Crippen molar-refractivity contribution in [3.8, 4) is 5.82 Å². The number of halogens is 3. The summed E-state index contributed by atoms with van der Waals surface area (Å²) < 4.78 is 45.3. The van der Waals surface area contributed by atoms with Crippen LogP contribution in [0, 0.1) is 0 Å². The third-order valence-corrected chi connectivity index (χ3v) is 4.09. The fourth-order valence-electron chi connectivity index (χ4n) is 2.58. The standard InChI is InChI=1S/C17H11F3N6O3/c1-25-12-4-3-10(6-13(12)29-16(25)28)22-15(27)11-8-26(24-23-11)14-5-2-9(7-21-14)17(18,19)20/h2-8H,1H3,(H,22,27). The number of nitrogens with zero attached hydrogens (tertiary/aromatic N) is 5. The Hall–Kier alpha value is -3.96. The number of benzene rings is 1. The van der Waals surface area contributed by atoms with Crippen molar-refractivity contribution in [1.82, 2.24) is 24.5 Å². The molecule has 0 saturated carbocycles. The number of anilines is 1. The van der Waals surface area contributed by atoms with Gasteiger partial charge < -0.3 is 9.73 Å². The second kappa shape index (κ2) is 6.58. The highest BCUT2D eigenvalue weighted by Gasteiger charge is 2.30. The van der Waals surface area contributed by atoms with E-state index in [1.807, 2.05) is 0 Å². The van der Waals surface area contributed by atoms with Crippen LogP contribution >= 0.6 is 0 Å². The zero-order valence-electron chi connectivity index (χ0n) is 14.6. The maximum atomic E-state index is 12.6. The van der Waals surface area contributed by atoms with Gasteiger partial charge in [0.2, 0.25) is 0 Å². The average Bonchev–Trinajstić information content (AvgIpc) is 3.27. The van der Waals surface area contributed by atoms with Crippen LogP contribution in [0.4, 0.5) is 18.9 Å². The van der Waals surface area contributed by atoms with Crippen LogP contribution in [0.3, 0.4) is 0 Å². The molecule has 29 heavy (non-hydrogen) atoms. The van der Waals surface area contributed by atoms with Crippen LogP contribution in [0.25, 0.3) is 16.9 Å². The fraction of sp³-hybridized carbons (Fsp3) is 0.118. The van der Waals surface area contributed by atoms with Crippen LogP contribution in [0.15, 0.2) is 51.9 Å². The van der Waals surface area contributed by atoms with Gasteiger partial charge in [-0.05, 0) is 24.3 Å². The van der Waals surface area contributed by atoms with Crippen molar-refractivity contribution < 1.29 is 22.4 Å². The Morgan fingerprint density at radius 2 is 2.00 bits per heavy atom. The summed E-state index contributed by atoms with van der Waals surface area (Å²) in [5.41, 5.74) is 0.239. The van der Waals surface area contributed by atoms with Gasteiger partial charge >= 0.3 is 11.9 Å². The van der Waals surface area contributed by atoms with Gasteiger partial charge in [0.25, 0.3) is 5.91 Å². The first kappa shape index (κ1) is 18.4. The summed E-state index contributed by atoms with van der Waals surface area (Å²) in [5, 5.41) is 9.98. The van der Waals surface area contributed by atoms with Crippen molar-refractivity contribution in [2.75, 3.05) is 5.32 Å². The molecule has 12 heteroatoms. The number of pyridine rings is 1. The van der Waals surface area contributed by atoms with E-state index in [0.717, 1.165) is 16.8 Å². The van der Waals surface area contributed by atoms with Crippen molar-refractivity contribution in [1.29, 1.82) is 0 Å². The van der Waals surface area contributed by atoms with E-state index in [-0.39, 0.29) is 11.5 Å². The van der Waals surface area contributed by atoms with Crippen molar-refractivity contribution in [3.05, 3.63) is 64.5 Å². The van der Waals surface area contributed by atoms with Crippen LogP contribution in [-0.2, 0) is 13.2 Å². The Balaban J connectivity index is 1.53. The summed E-state index contributed by atoms with van der Waals surface area (Å²) in [6.45, 7) is 0. The second-order valence-electron chi connectivity index (χ2n) is 6.01. The molecule has 0 spiro atoms. The quantitative estimate of drug-likeness (QED) is 0.562. The molecule has 3 heterocycles. The van der Waals surface area contributed by atoms with E-state index in [4.69, 9.17) is 4.42 Å². The third kappa shape index (κ3) is 3.47. The Morgan fingerprint density at radius 3 is 2.69 bits per heavy atom. The van der Waals surface area contributed by atoms with E-state index in [1.165, 1.54) is 16.8 Å². The van der Waals surface area contributed by atoms with Crippen LogP contribution in [0.1, 0.15) is 16.1 Å². The van der Waals surface area contributed by atoms with Crippen molar-refractivity contribution in [2.24, 2.45) is 7.05 Å². The minimum absolute atomic E-state index is 0.0667. The minimum atomic E-state index is -4.50. The lowest BCUT2D eigenvalue weighted by Crippen LogP contribution is -2.12. The number of carbonyl (C=O) groups is 1. The van der Waals surface area contributed by atoms with Crippen LogP contribution in [0.5, 0.6) is 0 Å². The summed E-state index contributed by atoms with van der Waals surface area (Å²) in [4.78, 5) is 27.6. The van der Waals surface area contributed by atoms with E-state index in [2.05, 4.69) is 20.6 Å². The van der Waals surface area contributed by atoms with Crippen LogP contribution in [-0.4, -0.2) is 30.5 Å². The Labute approximate surface area is 159 Å². The molecule has 1 aromatic carbocycles. The smallest absolute Gasteiger partial charge is 0.408 e. The zero-order chi connectivity index (χ0) is 20.8. The molecular weight excluding hydrogens is 393 g/mol. The van der Waals surface area contributed by atoms with Gasteiger partial charge in [0.05, 0.1) is 17.3 Å². The fourth-order valence-corrected chi connectivity index (χ4v) is 2.58. The molecule has 0 aliphatic rings. The number of hydrogen-bond acceptors (Lipinski definition) is 6. The molecule has 0 aliphatic carbocycles.